The van der Waals surface area contributed by atoms with E-state index in [0.29, 0.717) is 23.8 Å². The number of hydrogen-bond acceptors (Lipinski definition) is 5. The van der Waals surface area contributed by atoms with Crippen molar-refractivity contribution < 1.29 is 32.2 Å². The summed E-state index contributed by atoms with van der Waals surface area (Å²) >= 11 is 0. The molecule has 10 heteroatoms. The number of anilines is 1. The molecule has 1 N–H and O–H groups in total. The standard InChI is InChI=1S/C23H22F3N3O4/c1-4-32-19-9-14-8-13(2)33-18(14)11-17(19)27-22(30)21-20(31-3)12-29(28-21)16-7-5-6-15(10-16)23(24,25)26/h5-7,9-13H,4,8H2,1-3H3,(H,27,30). The summed E-state index contributed by atoms with van der Waals surface area (Å²) in [5, 5.41) is 6.92. The first-order valence-electron chi connectivity index (χ1n) is 10.3. The van der Waals surface area contributed by atoms with E-state index in [-0.39, 0.29) is 23.2 Å². The van der Waals surface area contributed by atoms with E-state index in [1.165, 1.54) is 30.1 Å². The number of alkyl halides is 3. The van der Waals surface area contributed by atoms with E-state index in [2.05, 4.69) is 10.4 Å². The van der Waals surface area contributed by atoms with Crippen molar-refractivity contribution in [2.75, 3.05) is 19.0 Å². The third-order valence-corrected chi connectivity index (χ3v) is 5.10. The van der Waals surface area contributed by atoms with E-state index in [0.717, 1.165) is 24.1 Å². The summed E-state index contributed by atoms with van der Waals surface area (Å²) in [6.07, 6.45) is -2.40. The highest BCUT2D eigenvalue weighted by Crippen LogP contribution is 2.38. The fourth-order valence-electron chi connectivity index (χ4n) is 3.62. The first-order valence-corrected chi connectivity index (χ1v) is 10.3. The second kappa shape index (κ2) is 8.68. The van der Waals surface area contributed by atoms with Crippen molar-refractivity contribution in [3.8, 4) is 22.9 Å². The molecule has 1 unspecified atom stereocenters. The largest absolute Gasteiger partial charge is 0.493 e. The van der Waals surface area contributed by atoms with Crippen LogP contribution in [-0.2, 0) is 12.6 Å². The lowest BCUT2D eigenvalue weighted by molar-refractivity contribution is -0.137. The number of nitrogens with zero attached hydrogens (tertiary/aromatic N) is 2. The van der Waals surface area contributed by atoms with Crippen molar-refractivity contribution in [1.29, 1.82) is 0 Å². The molecule has 3 aromatic rings. The Morgan fingerprint density at radius 1 is 1.27 bits per heavy atom. The summed E-state index contributed by atoms with van der Waals surface area (Å²) in [4.78, 5) is 13.0. The number of hydrogen-bond donors (Lipinski definition) is 1. The Hall–Kier alpha value is -3.69. The van der Waals surface area contributed by atoms with Gasteiger partial charge in [0, 0.05) is 18.1 Å². The average molecular weight is 461 g/mol. The molecule has 0 bridgehead atoms. The average Bonchev–Trinajstić information content (AvgIpc) is 3.36. The van der Waals surface area contributed by atoms with Crippen molar-refractivity contribution >= 4 is 11.6 Å². The van der Waals surface area contributed by atoms with Crippen LogP contribution in [0, 0.1) is 0 Å². The number of amides is 1. The molecule has 4 rings (SSSR count). The lowest BCUT2D eigenvalue weighted by Gasteiger charge is -2.13. The smallest absolute Gasteiger partial charge is 0.416 e. The van der Waals surface area contributed by atoms with Gasteiger partial charge in [-0.15, -0.1) is 0 Å². The summed E-state index contributed by atoms with van der Waals surface area (Å²) in [6.45, 7) is 4.17. The van der Waals surface area contributed by atoms with Crippen LogP contribution < -0.4 is 19.5 Å². The van der Waals surface area contributed by atoms with E-state index in [9.17, 15) is 18.0 Å². The number of methoxy groups -OCH3 is 1. The van der Waals surface area contributed by atoms with Gasteiger partial charge in [-0.3, -0.25) is 4.79 Å². The molecule has 1 aliphatic rings. The zero-order chi connectivity index (χ0) is 23.8. The predicted molar refractivity (Wildman–Crippen MR) is 114 cm³/mol. The number of ether oxygens (including phenoxy) is 3. The highest BCUT2D eigenvalue weighted by atomic mass is 19.4. The van der Waals surface area contributed by atoms with Gasteiger partial charge in [0.15, 0.2) is 11.4 Å². The molecule has 0 fully saturated rings. The molecular weight excluding hydrogens is 439 g/mol. The van der Waals surface area contributed by atoms with Crippen molar-refractivity contribution in [3.05, 3.63) is 59.4 Å². The molecule has 33 heavy (non-hydrogen) atoms. The van der Waals surface area contributed by atoms with Gasteiger partial charge in [0.2, 0.25) is 0 Å². The fourth-order valence-corrected chi connectivity index (χ4v) is 3.62. The minimum Gasteiger partial charge on any atom is -0.493 e. The van der Waals surface area contributed by atoms with Crippen LogP contribution in [0.5, 0.6) is 17.2 Å². The van der Waals surface area contributed by atoms with Gasteiger partial charge in [-0.2, -0.15) is 18.3 Å². The summed E-state index contributed by atoms with van der Waals surface area (Å²) < 4.78 is 57.1. The maximum absolute atomic E-state index is 13.1. The van der Waals surface area contributed by atoms with Gasteiger partial charge in [-0.25, -0.2) is 4.68 Å². The molecule has 0 saturated carbocycles. The van der Waals surface area contributed by atoms with Crippen LogP contribution in [0.2, 0.25) is 0 Å². The Balaban J connectivity index is 1.65. The highest BCUT2D eigenvalue weighted by Gasteiger charge is 2.31. The molecule has 0 saturated heterocycles. The number of carbonyl (C=O) groups excluding carboxylic acids is 1. The van der Waals surface area contributed by atoms with Crippen LogP contribution in [0.3, 0.4) is 0 Å². The van der Waals surface area contributed by atoms with E-state index in [4.69, 9.17) is 14.2 Å². The Bertz CT molecular complexity index is 1190. The Labute approximate surface area is 188 Å². The van der Waals surface area contributed by atoms with Crippen molar-refractivity contribution in [2.45, 2.75) is 32.5 Å². The van der Waals surface area contributed by atoms with Crippen molar-refractivity contribution in [3.63, 3.8) is 0 Å². The van der Waals surface area contributed by atoms with Gasteiger partial charge >= 0.3 is 6.18 Å². The summed E-state index contributed by atoms with van der Waals surface area (Å²) in [5.41, 5.74) is 0.596. The lowest BCUT2D eigenvalue weighted by atomic mass is 10.1. The molecule has 0 aliphatic carbocycles. The molecular formula is C23H22F3N3O4. The van der Waals surface area contributed by atoms with Crippen molar-refractivity contribution in [1.82, 2.24) is 9.78 Å². The van der Waals surface area contributed by atoms with E-state index >= 15 is 0 Å². The molecule has 174 valence electrons. The number of benzene rings is 2. The molecule has 2 aromatic carbocycles. The Morgan fingerprint density at radius 3 is 2.76 bits per heavy atom. The first-order chi connectivity index (χ1) is 15.7. The van der Waals surface area contributed by atoms with Crippen LogP contribution in [0.1, 0.15) is 35.5 Å². The maximum Gasteiger partial charge on any atom is 0.416 e. The SMILES string of the molecule is CCOc1cc2c(cc1NC(=O)c1nn(-c3cccc(C(F)(F)F)c3)cc1OC)OC(C)C2. The van der Waals surface area contributed by atoms with E-state index < -0.39 is 17.6 Å². The zero-order valence-electron chi connectivity index (χ0n) is 18.2. The minimum atomic E-state index is -4.50. The van der Waals surface area contributed by atoms with Gasteiger partial charge in [-0.1, -0.05) is 6.07 Å². The van der Waals surface area contributed by atoms with Gasteiger partial charge < -0.3 is 19.5 Å². The van der Waals surface area contributed by atoms with Crippen LogP contribution in [0.4, 0.5) is 18.9 Å². The summed E-state index contributed by atoms with van der Waals surface area (Å²) in [7, 11) is 1.35. The lowest BCUT2D eigenvalue weighted by Crippen LogP contribution is -2.15. The van der Waals surface area contributed by atoms with Crippen LogP contribution >= 0.6 is 0 Å². The number of carbonyl (C=O) groups is 1. The second-order valence-electron chi connectivity index (χ2n) is 7.51. The fraction of sp³-hybridized carbons (Fsp3) is 0.304. The van der Waals surface area contributed by atoms with Crippen LogP contribution in [-0.4, -0.2) is 35.5 Å². The molecule has 1 aliphatic heterocycles. The Morgan fingerprint density at radius 2 is 2.06 bits per heavy atom. The van der Waals surface area contributed by atoms with Gasteiger partial charge in [0.1, 0.15) is 17.6 Å². The third-order valence-electron chi connectivity index (χ3n) is 5.10. The quantitative estimate of drug-likeness (QED) is 0.567. The maximum atomic E-state index is 13.1. The predicted octanol–water partition coefficient (Wildman–Crippen LogP) is 4.87. The summed E-state index contributed by atoms with van der Waals surface area (Å²) in [5.74, 6) is 0.639. The van der Waals surface area contributed by atoms with E-state index in [1.807, 2.05) is 19.9 Å². The molecule has 1 amide bonds. The number of halogens is 3. The van der Waals surface area contributed by atoms with Gasteiger partial charge in [0.05, 0.1) is 36.9 Å². The topological polar surface area (TPSA) is 74.6 Å². The normalized spacial score (nSPS) is 15.0. The molecule has 1 aromatic heterocycles. The second-order valence-corrected chi connectivity index (χ2v) is 7.51. The number of fused-ring (bicyclic) bond motifs is 1. The first kappa shape index (κ1) is 22.5. The number of rotatable bonds is 6. The highest BCUT2D eigenvalue weighted by molar-refractivity contribution is 6.05. The Kier molecular flexibility index (Phi) is 5.92. The molecule has 7 nitrogen and oxygen atoms in total. The zero-order valence-corrected chi connectivity index (χ0v) is 18.2. The van der Waals surface area contributed by atoms with Crippen LogP contribution in [0.15, 0.2) is 42.6 Å². The summed E-state index contributed by atoms with van der Waals surface area (Å²) in [6, 6.07) is 8.15. The van der Waals surface area contributed by atoms with E-state index in [1.54, 1.807) is 6.07 Å². The van der Waals surface area contributed by atoms with Crippen LogP contribution in [0.25, 0.3) is 5.69 Å². The monoisotopic (exact) mass is 461 g/mol. The third kappa shape index (κ3) is 4.59. The molecule has 0 radical (unpaired) electrons. The van der Waals surface area contributed by atoms with Crippen molar-refractivity contribution in [2.24, 2.45) is 0 Å². The molecule has 0 spiro atoms. The molecule has 1 atom stereocenters. The van der Waals surface area contributed by atoms with Gasteiger partial charge in [0.25, 0.3) is 5.91 Å². The number of nitrogens with one attached hydrogen (secondary N) is 1. The molecule has 2 heterocycles. The van der Waals surface area contributed by atoms with Gasteiger partial charge in [-0.05, 0) is 38.1 Å². The number of aromatic nitrogens is 2. The minimum absolute atomic E-state index is 0.0173.